The largest absolute Gasteiger partial charge is 0.334 e. The van der Waals surface area contributed by atoms with E-state index in [4.69, 9.17) is 5.73 Å². The average Bonchev–Trinajstić information content (AvgIpc) is 3.22. The van der Waals surface area contributed by atoms with Gasteiger partial charge in [-0.15, -0.1) is 0 Å². The standard InChI is InChI=1S/C16H20N4O3S/c1-24(22,23)15-7-3-2-6-14(15)20-11-12(10-18-20)16(21)19-8-4-5-13(19)9-17/h2-3,6-7,10-11,13H,4-5,8-9,17H2,1H3/t13-/m0/s1. The van der Waals surface area contributed by atoms with Crippen molar-refractivity contribution in [3.8, 4) is 5.69 Å². The molecule has 0 spiro atoms. The number of carbonyl (C=O) groups is 1. The number of likely N-dealkylation sites (tertiary alicyclic amines) is 1. The third kappa shape index (κ3) is 3.07. The van der Waals surface area contributed by atoms with E-state index >= 15 is 0 Å². The molecule has 0 saturated carbocycles. The number of hydrogen-bond acceptors (Lipinski definition) is 5. The van der Waals surface area contributed by atoms with Crippen LogP contribution >= 0.6 is 0 Å². The van der Waals surface area contributed by atoms with Crippen LogP contribution in [-0.4, -0.2) is 54.4 Å². The van der Waals surface area contributed by atoms with Crippen molar-refractivity contribution in [3.63, 3.8) is 0 Å². The number of carbonyl (C=O) groups excluding carboxylic acids is 1. The summed E-state index contributed by atoms with van der Waals surface area (Å²) in [6.07, 6.45) is 6.04. The first-order valence-electron chi connectivity index (χ1n) is 7.77. The summed E-state index contributed by atoms with van der Waals surface area (Å²) in [6.45, 7) is 1.13. The maximum atomic E-state index is 12.6. The van der Waals surface area contributed by atoms with Crippen molar-refractivity contribution in [2.75, 3.05) is 19.3 Å². The number of rotatable bonds is 4. The van der Waals surface area contributed by atoms with E-state index < -0.39 is 9.84 Å². The molecule has 1 amide bonds. The van der Waals surface area contributed by atoms with Crippen LogP contribution in [0.1, 0.15) is 23.2 Å². The molecule has 2 aromatic rings. The van der Waals surface area contributed by atoms with Gasteiger partial charge in [-0.25, -0.2) is 13.1 Å². The molecule has 1 fully saturated rings. The highest BCUT2D eigenvalue weighted by molar-refractivity contribution is 7.90. The Hall–Kier alpha value is -2.19. The molecule has 2 heterocycles. The van der Waals surface area contributed by atoms with Gasteiger partial charge in [0.25, 0.3) is 5.91 Å². The van der Waals surface area contributed by atoms with E-state index in [0.717, 1.165) is 19.1 Å². The highest BCUT2D eigenvalue weighted by Crippen LogP contribution is 2.22. The predicted molar refractivity (Wildman–Crippen MR) is 89.8 cm³/mol. The summed E-state index contributed by atoms with van der Waals surface area (Å²) in [7, 11) is -3.39. The monoisotopic (exact) mass is 348 g/mol. The quantitative estimate of drug-likeness (QED) is 0.883. The number of para-hydroxylation sites is 1. The van der Waals surface area contributed by atoms with Crippen LogP contribution in [0.25, 0.3) is 5.69 Å². The summed E-state index contributed by atoms with van der Waals surface area (Å²) in [5.41, 5.74) is 6.58. The molecule has 1 aromatic carbocycles. The molecule has 0 bridgehead atoms. The Balaban J connectivity index is 1.94. The predicted octanol–water partition coefficient (Wildman–Crippen LogP) is 0.839. The molecule has 8 heteroatoms. The molecule has 1 aliphatic heterocycles. The summed E-state index contributed by atoms with van der Waals surface area (Å²) in [4.78, 5) is 14.6. The van der Waals surface area contributed by atoms with Gasteiger partial charge in [-0.1, -0.05) is 12.1 Å². The molecular formula is C16H20N4O3S. The Morgan fingerprint density at radius 1 is 1.38 bits per heavy atom. The van der Waals surface area contributed by atoms with Gasteiger partial charge in [0.1, 0.15) is 0 Å². The van der Waals surface area contributed by atoms with Crippen LogP contribution < -0.4 is 5.73 Å². The van der Waals surface area contributed by atoms with Crippen LogP contribution in [0.15, 0.2) is 41.6 Å². The fourth-order valence-electron chi connectivity index (χ4n) is 3.04. The summed E-state index contributed by atoms with van der Waals surface area (Å²) in [5.74, 6) is -0.119. The van der Waals surface area contributed by atoms with Crippen LogP contribution in [0.4, 0.5) is 0 Å². The lowest BCUT2D eigenvalue weighted by Gasteiger charge is -2.22. The maximum Gasteiger partial charge on any atom is 0.257 e. The van der Waals surface area contributed by atoms with Crippen LogP contribution in [0.5, 0.6) is 0 Å². The molecule has 1 saturated heterocycles. The van der Waals surface area contributed by atoms with Crippen LogP contribution in [0.3, 0.4) is 0 Å². The zero-order valence-electron chi connectivity index (χ0n) is 13.4. The Morgan fingerprint density at radius 3 is 2.83 bits per heavy atom. The number of nitrogens with zero attached hydrogens (tertiary/aromatic N) is 3. The van der Waals surface area contributed by atoms with E-state index in [0.29, 0.717) is 24.3 Å². The zero-order chi connectivity index (χ0) is 17.3. The Kier molecular flexibility index (Phi) is 4.42. The fourth-order valence-corrected chi connectivity index (χ4v) is 3.91. The van der Waals surface area contributed by atoms with Crippen molar-refractivity contribution < 1.29 is 13.2 Å². The second-order valence-corrected chi connectivity index (χ2v) is 7.93. The van der Waals surface area contributed by atoms with Crippen molar-refractivity contribution in [2.24, 2.45) is 5.73 Å². The van der Waals surface area contributed by atoms with Crippen molar-refractivity contribution >= 4 is 15.7 Å². The van der Waals surface area contributed by atoms with Gasteiger partial charge in [-0.3, -0.25) is 4.79 Å². The van der Waals surface area contributed by atoms with Crippen LogP contribution in [0, 0.1) is 0 Å². The van der Waals surface area contributed by atoms with Crippen molar-refractivity contribution in [3.05, 3.63) is 42.2 Å². The molecule has 1 atom stereocenters. The number of benzene rings is 1. The van der Waals surface area contributed by atoms with Gasteiger partial charge in [0.2, 0.25) is 0 Å². The molecule has 128 valence electrons. The molecule has 1 aliphatic rings. The van der Waals surface area contributed by atoms with Gasteiger partial charge >= 0.3 is 0 Å². The van der Waals surface area contributed by atoms with Gasteiger partial charge in [-0.2, -0.15) is 5.10 Å². The molecule has 3 rings (SSSR count). The summed E-state index contributed by atoms with van der Waals surface area (Å²) < 4.78 is 25.3. The van der Waals surface area contributed by atoms with Gasteiger partial charge in [0.15, 0.2) is 9.84 Å². The van der Waals surface area contributed by atoms with Crippen LogP contribution in [0.2, 0.25) is 0 Å². The molecule has 0 aliphatic carbocycles. The minimum atomic E-state index is -3.39. The number of nitrogens with two attached hydrogens (primary N) is 1. The first-order valence-corrected chi connectivity index (χ1v) is 9.66. The lowest BCUT2D eigenvalue weighted by Crippen LogP contribution is -2.39. The summed E-state index contributed by atoms with van der Waals surface area (Å²) >= 11 is 0. The van der Waals surface area contributed by atoms with E-state index in [1.165, 1.54) is 16.9 Å². The highest BCUT2D eigenvalue weighted by Gasteiger charge is 2.29. The minimum absolute atomic E-state index is 0.0594. The molecule has 0 radical (unpaired) electrons. The molecule has 24 heavy (non-hydrogen) atoms. The molecule has 2 N–H and O–H groups in total. The van der Waals surface area contributed by atoms with Gasteiger partial charge in [-0.05, 0) is 25.0 Å². The second-order valence-electron chi connectivity index (χ2n) is 5.94. The first kappa shape index (κ1) is 16.7. The van der Waals surface area contributed by atoms with E-state index in [9.17, 15) is 13.2 Å². The van der Waals surface area contributed by atoms with E-state index in [1.807, 2.05) is 0 Å². The number of aromatic nitrogens is 2. The second kappa shape index (κ2) is 6.37. The fraction of sp³-hybridized carbons (Fsp3) is 0.375. The third-order valence-electron chi connectivity index (χ3n) is 4.25. The Labute approximate surface area is 141 Å². The lowest BCUT2D eigenvalue weighted by molar-refractivity contribution is 0.0741. The molecular weight excluding hydrogens is 328 g/mol. The smallest absolute Gasteiger partial charge is 0.257 e. The SMILES string of the molecule is CS(=O)(=O)c1ccccc1-n1cc(C(=O)N2CCC[C@H]2CN)cn1. The molecule has 1 aromatic heterocycles. The number of sulfone groups is 1. The number of hydrogen-bond donors (Lipinski definition) is 1. The van der Waals surface area contributed by atoms with E-state index in [2.05, 4.69) is 5.10 Å². The van der Waals surface area contributed by atoms with Crippen molar-refractivity contribution in [1.82, 2.24) is 14.7 Å². The summed E-state index contributed by atoms with van der Waals surface area (Å²) in [6, 6.07) is 6.64. The average molecular weight is 348 g/mol. The van der Waals surface area contributed by atoms with Crippen LogP contribution in [-0.2, 0) is 9.84 Å². The Bertz CT molecular complexity index is 860. The van der Waals surface area contributed by atoms with Gasteiger partial charge in [0.05, 0.1) is 22.3 Å². The van der Waals surface area contributed by atoms with Crippen molar-refractivity contribution in [1.29, 1.82) is 0 Å². The molecule has 0 unspecified atom stereocenters. The van der Waals surface area contributed by atoms with Crippen molar-refractivity contribution in [2.45, 2.75) is 23.8 Å². The first-order chi connectivity index (χ1) is 11.4. The van der Waals surface area contributed by atoms with E-state index in [1.54, 1.807) is 29.3 Å². The normalized spacial score (nSPS) is 18.1. The zero-order valence-corrected chi connectivity index (χ0v) is 14.2. The maximum absolute atomic E-state index is 12.6. The highest BCUT2D eigenvalue weighted by atomic mass is 32.2. The lowest BCUT2D eigenvalue weighted by atomic mass is 10.2. The van der Waals surface area contributed by atoms with Gasteiger partial charge in [0, 0.05) is 31.6 Å². The number of amides is 1. The Morgan fingerprint density at radius 2 is 2.12 bits per heavy atom. The minimum Gasteiger partial charge on any atom is -0.334 e. The molecule has 7 nitrogen and oxygen atoms in total. The topological polar surface area (TPSA) is 98.3 Å². The van der Waals surface area contributed by atoms with E-state index in [-0.39, 0.29) is 16.8 Å². The third-order valence-corrected chi connectivity index (χ3v) is 5.40. The summed E-state index contributed by atoms with van der Waals surface area (Å²) in [5, 5.41) is 4.18. The van der Waals surface area contributed by atoms with Gasteiger partial charge < -0.3 is 10.6 Å².